The highest BCUT2D eigenvalue weighted by Crippen LogP contribution is 2.46. The standard InChI is InChI=1S/C23H24F3N4O4/c24-15-10-14(11-16(25)19(15)26)17-12-30(28-27-17)20-21(32)18(13-31)34-23(6-2-5-9-33-23)22(20)29-7-3-1-4-8-29/h1,3-4,7-8,10-12,18,20-22,31-32H,2,5-6,9,13H2/q+1/t18-,20-,21+,22-,23+/m1/s1. The minimum absolute atomic E-state index is 0.00421. The van der Waals surface area contributed by atoms with Crippen molar-refractivity contribution in [3.63, 3.8) is 0 Å². The molecule has 8 nitrogen and oxygen atoms in total. The molecule has 0 unspecified atom stereocenters. The van der Waals surface area contributed by atoms with Crippen LogP contribution in [0.25, 0.3) is 11.3 Å². The van der Waals surface area contributed by atoms with Crippen molar-refractivity contribution in [2.24, 2.45) is 0 Å². The molecule has 180 valence electrons. The maximum absolute atomic E-state index is 13.8. The molecule has 2 aliphatic rings. The lowest BCUT2D eigenvalue weighted by Crippen LogP contribution is -2.68. The fourth-order valence-electron chi connectivity index (χ4n) is 4.88. The van der Waals surface area contributed by atoms with E-state index in [0.29, 0.717) is 13.0 Å². The summed E-state index contributed by atoms with van der Waals surface area (Å²) in [5, 5.41) is 29.3. The van der Waals surface area contributed by atoms with Crippen molar-refractivity contribution in [2.75, 3.05) is 13.2 Å². The maximum Gasteiger partial charge on any atom is 0.236 e. The molecular weight excluding hydrogens is 453 g/mol. The highest BCUT2D eigenvalue weighted by atomic mass is 19.2. The maximum atomic E-state index is 13.8. The first kappa shape index (κ1) is 22.9. The number of aliphatic hydroxyl groups excluding tert-OH is 2. The fourth-order valence-corrected chi connectivity index (χ4v) is 4.88. The number of benzene rings is 1. The van der Waals surface area contributed by atoms with Crippen molar-refractivity contribution in [3.8, 4) is 11.3 Å². The van der Waals surface area contributed by atoms with Crippen molar-refractivity contribution >= 4 is 0 Å². The Kier molecular flexibility index (Phi) is 6.11. The summed E-state index contributed by atoms with van der Waals surface area (Å²) in [6, 6.07) is 5.75. The van der Waals surface area contributed by atoms with Crippen LogP contribution in [0.1, 0.15) is 31.3 Å². The third kappa shape index (κ3) is 3.88. The molecule has 0 radical (unpaired) electrons. The first-order valence-corrected chi connectivity index (χ1v) is 11.1. The molecule has 2 saturated heterocycles. The lowest BCUT2D eigenvalue weighted by Gasteiger charge is -2.49. The van der Waals surface area contributed by atoms with Gasteiger partial charge >= 0.3 is 0 Å². The molecule has 0 bridgehead atoms. The Balaban J connectivity index is 1.61. The molecule has 0 aliphatic carbocycles. The normalized spacial score (nSPS) is 29.4. The van der Waals surface area contributed by atoms with Crippen LogP contribution >= 0.6 is 0 Å². The van der Waals surface area contributed by atoms with Crippen LogP contribution in [0.15, 0.2) is 48.9 Å². The smallest absolute Gasteiger partial charge is 0.236 e. The van der Waals surface area contributed by atoms with E-state index in [4.69, 9.17) is 9.47 Å². The second-order valence-corrected chi connectivity index (χ2v) is 8.54. The van der Waals surface area contributed by atoms with Gasteiger partial charge in [0.1, 0.15) is 23.9 Å². The van der Waals surface area contributed by atoms with Gasteiger partial charge in [-0.15, -0.1) is 5.10 Å². The Morgan fingerprint density at radius 2 is 1.85 bits per heavy atom. The minimum atomic E-state index is -1.57. The molecule has 2 aliphatic heterocycles. The highest BCUT2D eigenvalue weighted by Gasteiger charge is 2.62. The average molecular weight is 477 g/mol. The van der Waals surface area contributed by atoms with Gasteiger partial charge < -0.3 is 19.7 Å². The summed E-state index contributed by atoms with van der Waals surface area (Å²) < 4.78 is 56.6. The number of hydrogen-bond donors (Lipinski definition) is 2. The van der Waals surface area contributed by atoms with Gasteiger partial charge in [0.15, 0.2) is 29.8 Å². The van der Waals surface area contributed by atoms with Crippen molar-refractivity contribution in [1.82, 2.24) is 15.0 Å². The molecule has 34 heavy (non-hydrogen) atoms. The van der Waals surface area contributed by atoms with E-state index in [1.165, 1.54) is 10.9 Å². The Bertz CT molecular complexity index is 1130. The number of nitrogens with zero attached hydrogens (tertiary/aromatic N) is 4. The van der Waals surface area contributed by atoms with E-state index in [-0.39, 0.29) is 11.3 Å². The largest absolute Gasteiger partial charge is 0.394 e. The van der Waals surface area contributed by atoms with Gasteiger partial charge in [0, 0.05) is 24.1 Å². The van der Waals surface area contributed by atoms with Gasteiger partial charge in [0.05, 0.1) is 19.4 Å². The van der Waals surface area contributed by atoms with Gasteiger partial charge in [-0.3, -0.25) is 0 Å². The van der Waals surface area contributed by atoms with Gasteiger partial charge in [-0.1, -0.05) is 11.3 Å². The molecule has 2 N–H and O–H groups in total. The second-order valence-electron chi connectivity index (χ2n) is 8.54. The number of hydrogen-bond acceptors (Lipinski definition) is 6. The molecule has 2 aromatic heterocycles. The average Bonchev–Trinajstić information content (AvgIpc) is 3.34. The van der Waals surface area contributed by atoms with Crippen LogP contribution in [0.4, 0.5) is 13.2 Å². The molecule has 2 fully saturated rings. The van der Waals surface area contributed by atoms with Crippen LogP contribution in [0.3, 0.4) is 0 Å². The van der Waals surface area contributed by atoms with Gasteiger partial charge in [-0.25, -0.2) is 17.9 Å². The first-order chi connectivity index (χ1) is 16.4. The number of rotatable bonds is 4. The molecule has 3 aromatic rings. The van der Waals surface area contributed by atoms with Gasteiger partial charge in [0.25, 0.3) is 0 Å². The molecule has 0 amide bonds. The zero-order valence-electron chi connectivity index (χ0n) is 18.1. The Morgan fingerprint density at radius 3 is 2.50 bits per heavy atom. The molecule has 5 atom stereocenters. The Morgan fingerprint density at radius 1 is 1.12 bits per heavy atom. The van der Waals surface area contributed by atoms with Crippen LogP contribution in [0.2, 0.25) is 0 Å². The van der Waals surface area contributed by atoms with Crippen molar-refractivity contribution < 1.29 is 37.4 Å². The number of halogens is 3. The summed E-state index contributed by atoms with van der Waals surface area (Å²) in [5.74, 6) is -5.41. The van der Waals surface area contributed by atoms with Gasteiger partial charge in [-0.05, 0) is 25.0 Å². The molecule has 0 saturated carbocycles. The molecule has 5 rings (SSSR count). The Hall–Kier alpha value is -2.86. The van der Waals surface area contributed by atoms with Crippen LogP contribution in [-0.4, -0.2) is 56.4 Å². The Labute approximate surface area is 193 Å². The first-order valence-electron chi connectivity index (χ1n) is 11.1. The third-order valence-corrected chi connectivity index (χ3v) is 6.46. The molecule has 1 aromatic carbocycles. The van der Waals surface area contributed by atoms with E-state index in [2.05, 4.69) is 10.3 Å². The predicted octanol–water partition coefficient (Wildman–Crippen LogP) is 2.08. The van der Waals surface area contributed by atoms with E-state index < -0.39 is 54.1 Å². The summed E-state index contributed by atoms with van der Waals surface area (Å²) in [7, 11) is 0. The van der Waals surface area contributed by atoms with Crippen LogP contribution in [0, 0.1) is 17.5 Å². The van der Waals surface area contributed by atoms with E-state index in [1.807, 2.05) is 35.2 Å². The third-order valence-electron chi connectivity index (χ3n) is 6.46. The number of aliphatic hydroxyl groups is 2. The second kappa shape index (κ2) is 9.06. The van der Waals surface area contributed by atoms with Gasteiger partial charge in [-0.2, -0.15) is 4.57 Å². The molecule has 4 heterocycles. The molecule has 1 spiro atoms. The monoisotopic (exact) mass is 477 g/mol. The number of ether oxygens (including phenoxy) is 2. The zero-order valence-corrected chi connectivity index (χ0v) is 18.1. The van der Waals surface area contributed by atoms with Crippen LogP contribution < -0.4 is 4.57 Å². The van der Waals surface area contributed by atoms with Gasteiger partial charge in [0.2, 0.25) is 11.8 Å². The van der Waals surface area contributed by atoms with E-state index in [0.717, 1.165) is 25.0 Å². The predicted molar refractivity (Wildman–Crippen MR) is 111 cm³/mol. The number of pyridine rings is 1. The topological polar surface area (TPSA) is 93.5 Å². The summed E-state index contributed by atoms with van der Waals surface area (Å²) in [6.45, 7) is -0.00745. The van der Waals surface area contributed by atoms with E-state index in [1.54, 1.807) is 0 Å². The van der Waals surface area contributed by atoms with Crippen LogP contribution in [0.5, 0.6) is 0 Å². The van der Waals surface area contributed by atoms with Crippen molar-refractivity contribution in [3.05, 3.63) is 66.4 Å². The quantitative estimate of drug-likeness (QED) is 0.442. The number of aromatic nitrogens is 4. The summed E-state index contributed by atoms with van der Waals surface area (Å²) in [6.07, 6.45) is 5.07. The fraction of sp³-hybridized carbons (Fsp3) is 0.435. The van der Waals surface area contributed by atoms with E-state index >= 15 is 0 Å². The summed E-state index contributed by atoms with van der Waals surface area (Å²) in [4.78, 5) is 0. The van der Waals surface area contributed by atoms with Crippen LogP contribution in [-0.2, 0) is 9.47 Å². The molecular formula is C23H24F3N4O4+. The lowest BCUT2D eigenvalue weighted by atomic mass is 9.84. The lowest BCUT2D eigenvalue weighted by molar-refractivity contribution is -0.761. The van der Waals surface area contributed by atoms with E-state index in [9.17, 15) is 23.4 Å². The SMILES string of the molecule is OC[C@H]1O[C@@]2(CCCCO2)[C@H]([n+]2ccccc2)[C@H](n2cc(-c3cc(F)c(F)c(F)c3)nn2)[C@H]1O. The van der Waals surface area contributed by atoms with Crippen molar-refractivity contribution in [2.45, 2.75) is 49.3 Å². The minimum Gasteiger partial charge on any atom is -0.394 e. The zero-order chi connectivity index (χ0) is 23.9. The van der Waals surface area contributed by atoms with Crippen molar-refractivity contribution in [1.29, 1.82) is 0 Å². The summed E-state index contributed by atoms with van der Waals surface area (Å²) in [5.41, 5.74) is 0.0860. The summed E-state index contributed by atoms with van der Waals surface area (Å²) >= 11 is 0. The molecule has 11 heteroatoms. The highest BCUT2D eigenvalue weighted by molar-refractivity contribution is 5.57.